The molecule has 61 heavy (non-hydrogen) atoms. The molecule has 0 saturated carbocycles. The number of hydrogen-bond donors (Lipinski definition) is 2. The zero-order chi connectivity index (χ0) is 42.4. The largest absolute Gasteiger partial charge is 0.369 e. The normalized spacial score (nSPS) is 19.7. The zero-order valence-electron chi connectivity index (χ0n) is 33.1. The second kappa shape index (κ2) is 16.5. The first-order valence-corrected chi connectivity index (χ1v) is 20.8. The van der Waals surface area contributed by atoms with Crippen molar-refractivity contribution in [1.82, 2.24) is 35.0 Å². The summed E-state index contributed by atoms with van der Waals surface area (Å²) in [5.74, 6) is -2.20. The zero-order valence-corrected chi connectivity index (χ0v) is 33.8. The van der Waals surface area contributed by atoms with E-state index in [0.29, 0.717) is 54.9 Å². The summed E-state index contributed by atoms with van der Waals surface area (Å²) in [5.41, 5.74) is 4.26. The topological polar surface area (TPSA) is 188 Å². The van der Waals surface area contributed by atoms with Crippen LogP contribution in [0.15, 0.2) is 54.9 Å². The Labute approximate surface area is 355 Å². The van der Waals surface area contributed by atoms with Gasteiger partial charge in [-0.05, 0) is 80.1 Å². The molecule has 1 atom stereocenters. The standard InChI is InChI=1S/C43H41ClFN11O5/c44-33-20-28(2-1-26(33)21-46)55-14-11-30-34(23-55)47-24-48-39(30)50-36-7-5-31(38(45)49-36)41(59)54-12-9-25(10-13-54)22-52-15-17-53(18-16-52)27-3-4-29-32(19-27)43(61)56(42(29)60)35-6-8-37(57)51-40(35)58/h1-5,7,19-20,24-25,35H,6,8-18,22-23H2,(H,51,57,58)(H,47,48,49,50). The molecule has 18 heteroatoms. The first-order valence-electron chi connectivity index (χ1n) is 20.4. The van der Waals surface area contributed by atoms with Crippen molar-refractivity contribution in [2.24, 2.45) is 5.92 Å². The molecule has 2 N–H and O–H groups in total. The van der Waals surface area contributed by atoms with Gasteiger partial charge in [0, 0.05) is 75.7 Å². The molecule has 3 fully saturated rings. The van der Waals surface area contributed by atoms with Gasteiger partial charge in [-0.25, -0.2) is 15.0 Å². The summed E-state index contributed by atoms with van der Waals surface area (Å²) in [5, 5.41) is 15.0. The third-order valence-corrected chi connectivity index (χ3v) is 12.7. The van der Waals surface area contributed by atoms with Crippen molar-refractivity contribution in [3.63, 3.8) is 0 Å². The van der Waals surface area contributed by atoms with E-state index in [1.165, 1.54) is 12.4 Å². The van der Waals surface area contributed by atoms with Crippen molar-refractivity contribution in [3.8, 4) is 6.07 Å². The molecule has 16 nitrogen and oxygen atoms in total. The molecule has 0 bridgehead atoms. The van der Waals surface area contributed by atoms with Crippen LogP contribution in [0, 0.1) is 23.2 Å². The van der Waals surface area contributed by atoms with Gasteiger partial charge in [0.1, 0.15) is 30.1 Å². The predicted octanol–water partition coefficient (Wildman–Crippen LogP) is 3.92. The Hall–Kier alpha value is -6.51. The van der Waals surface area contributed by atoms with E-state index in [4.69, 9.17) is 11.6 Å². The lowest BCUT2D eigenvalue weighted by Gasteiger charge is -2.39. The molecule has 2 aromatic carbocycles. The van der Waals surface area contributed by atoms with Gasteiger partial charge >= 0.3 is 0 Å². The number of benzene rings is 2. The maximum atomic E-state index is 15.4. The molecular weight excluding hydrogens is 805 g/mol. The molecule has 3 saturated heterocycles. The molecule has 0 spiro atoms. The fourth-order valence-corrected chi connectivity index (χ4v) is 9.17. The summed E-state index contributed by atoms with van der Waals surface area (Å²) in [6.07, 6.45) is 3.82. The van der Waals surface area contributed by atoms with E-state index in [0.717, 1.165) is 73.1 Å². The number of piperazine rings is 1. The lowest BCUT2D eigenvalue weighted by molar-refractivity contribution is -0.136. The Morgan fingerprint density at radius 1 is 0.869 bits per heavy atom. The van der Waals surface area contributed by atoms with Crippen LogP contribution in [0.3, 0.4) is 0 Å². The Balaban J connectivity index is 0.749. The average Bonchev–Trinajstić information content (AvgIpc) is 3.51. The summed E-state index contributed by atoms with van der Waals surface area (Å²) in [4.78, 5) is 86.3. The number of anilines is 4. The summed E-state index contributed by atoms with van der Waals surface area (Å²) >= 11 is 6.27. The maximum Gasteiger partial charge on any atom is 0.262 e. The van der Waals surface area contributed by atoms with Gasteiger partial charge < -0.3 is 20.0 Å². The molecular formula is C43H41ClFN11O5. The van der Waals surface area contributed by atoms with Gasteiger partial charge in [-0.1, -0.05) is 11.6 Å². The fourth-order valence-electron chi connectivity index (χ4n) is 8.96. The molecule has 9 rings (SSSR count). The van der Waals surface area contributed by atoms with E-state index in [9.17, 15) is 29.2 Å². The second-order valence-corrected chi connectivity index (χ2v) is 16.4. The summed E-state index contributed by atoms with van der Waals surface area (Å²) in [6.45, 7) is 6.10. The maximum absolute atomic E-state index is 15.4. The quantitative estimate of drug-likeness (QED) is 0.192. The minimum Gasteiger partial charge on any atom is -0.369 e. The van der Waals surface area contributed by atoms with Gasteiger partial charge in [0.15, 0.2) is 0 Å². The summed E-state index contributed by atoms with van der Waals surface area (Å²) in [6, 6.07) is 14.6. The number of nitrogens with one attached hydrogen (secondary N) is 2. The number of aromatic nitrogens is 3. The number of imide groups is 2. The van der Waals surface area contributed by atoms with Crippen LogP contribution in [0.2, 0.25) is 5.02 Å². The van der Waals surface area contributed by atoms with E-state index >= 15 is 4.39 Å². The number of rotatable bonds is 8. The van der Waals surface area contributed by atoms with Crippen LogP contribution in [-0.2, 0) is 22.6 Å². The number of hydrogen-bond acceptors (Lipinski definition) is 13. The van der Waals surface area contributed by atoms with Crippen LogP contribution in [0.4, 0.5) is 27.4 Å². The lowest BCUT2D eigenvalue weighted by Crippen LogP contribution is -2.54. The number of halogens is 2. The van der Waals surface area contributed by atoms with Crippen LogP contribution in [0.25, 0.3) is 0 Å². The lowest BCUT2D eigenvalue weighted by atomic mass is 9.95. The van der Waals surface area contributed by atoms with Gasteiger partial charge in [-0.15, -0.1) is 0 Å². The highest BCUT2D eigenvalue weighted by molar-refractivity contribution is 6.32. The molecule has 2 aromatic heterocycles. The molecule has 312 valence electrons. The van der Waals surface area contributed by atoms with Crippen LogP contribution < -0.4 is 20.4 Å². The van der Waals surface area contributed by atoms with Gasteiger partial charge in [0.25, 0.3) is 17.7 Å². The smallest absolute Gasteiger partial charge is 0.262 e. The number of nitriles is 1. The minimum absolute atomic E-state index is 0.0679. The van der Waals surface area contributed by atoms with Crippen molar-refractivity contribution in [2.45, 2.75) is 44.7 Å². The third-order valence-electron chi connectivity index (χ3n) is 12.3. The molecule has 5 aliphatic rings. The summed E-state index contributed by atoms with van der Waals surface area (Å²) in [7, 11) is 0. The Morgan fingerprint density at radius 3 is 2.36 bits per heavy atom. The van der Waals surface area contributed by atoms with Crippen LogP contribution in [-0.4, -0.2) is 118 Å². The highest BCUT2D eigenvalue weighted by Crippen LogP contribution is 2.33. The third kappa shape index (κ3) is 7.84. The van der Waals surface area contributed by atoms with Crippen LogP contribution in [0.1, 0.15) is 73.6 Å². The number of pyridine rings is 1. The second-order valence-electron chi connectivity index (χ2n) is 16.0. The average molecular weight is 846 g/mol. The number of carbonyl (C=O) groups excluding carboxylic acids is 5. The number of fused-ring (bicyclic) bond motifs is 2. The van der Waals surface area contributed by atoms with E-state index < -0.39 is 35.6 Å². The van der Waals surface area contributed by atoms with Crippen molar-refractivity contribution in [3.05, 3.63) is 99.3 Å². The number of carbonyl (C=O) groups is 5. The first-order chi connectivity index (χ1) is 29.5. The van der Waals surface area contributed by atoms with E-state index in [-0.39, 0.29) is 41.3 Å². The van der Waals surface area contributed by atoms with Crippen molar-refractivity contribution in [2.75, 3.05) is 67.5 Å². The Kier molecular flexibility index (Phi) is 10.8. The number of amides is 5. The van der Waals surface area contributed by atoms with E-state index in [1.807, 2.05) is 12.1 Å². The van der Waals surface area contributed by atoms with Crippen LogP contribution in [0.5, 0.6) is 0 Å². The summed E-state index contributed by atoms with van der Waals surface area (Å²) < 4.78 is 15.4. The van der Waals surface area contributed by atoms with Gasteiger partial charge in [0.2, 0.25) is 17.8 Å². The molecule has 7 heterocycles. The Morgan fingerprint density at radius 2 is 1.62 bits per heavy atom. The minimum atomic E-state index is -1.00. The van der Waals surface area contributed by atoms with Gasteiger partial charge in [0.05, 0.1) is 39.5 Å². The first kappa shape index (κ1) is 39.9. The van der Waals surface area contributed by atoms with E-state index in [1.54, 1.807) is 35.2 Å². The molecule has 4 aromatic rings. The monoisotopic (exact) mass is 845 g/mol. The molecule has 0 radical (unpaired) electrons. The predicted molar refractivity (Wildman–Crippen MR) is 221 cm³/mol. The van der Waals surface area contributed by atoms with Crippen molar-refractivity contribution >= 4 is 64.1 Å². The fraction of sp³-hybridized carbons (Fsp3) is 0.372. The highest BCUT2D eigenvalue weighted by atomic mass is 35.5. The number of likely N-dealkylation sites (tertiary alicyclic amines) is 1. The molecule has 5 amide bonds. The SMILES string of the molecule is N#Cc1ccc(N2CCc3c(ncnc3Nc3ccc(C(=O)N4CCC(CN5CCN(c6ccc7c(c6)C(=O)N(C6CCC(=O)NC6=O)C7=O)CC5)CC4)c(F)n3)C2)cc1Cl. The number of nitrogens with zero attached hydrogens (tertiary/aromatic N) is 9. The van der Waals surface area contributed by atoms with Gasteiger partial charge in [-0.2, -0.15) is 9.65 Å². The van der Waals surface area contributed by atoms with Crippen LogP contribution >= 0.6 is 11.6 Å². The number of piperidine rings is 2. The van der Waals surface area contributed by atoms with Crippen molar-refractivity contribution < 1.29 is 28.4 Å². The van der Waals surface area contributed by atoms with Gasteiger partial charge in [-0.3, -0.25) is 39.1 Å². The molecule has 5 aliphatic heterocycles. The highest BCUT2D eigenvalue weighted by Gasteiger charge is 2.45. The molecule has 0 aliphatic carbocycles. The molecule has 1 unspecified atom stereocenters. The Bertz CT molecular complexity index is 2520. The van der Waals surface area contributed by atoms with Crippen molar-refractivity contribution in [1.29, 1.82) is 5.26 Å². The van der Waals surface area contributed by atoms with E-state index in [2.05, 4.69) is 46.4 Å².